The molecule has 0 saturated carbocycles. The molecule has 0 heterocycles. The summed E-state index contributed by atoms with van der Waals surface area (Å²) in [6.45, 7) is 0. The quantitative estimate of drug-likeness (QED) is 0.463. The topological polar surface area (TPSA) is 18.5 Å². The maximum atomic E-state index is 12.7. The number of methoxy groups -OCH3 is 2. The molecular formula is C21H15F3O2. The Morgan fingerprint density at radius 2 is 1.27 bits per heavy atom. The highest BCUT2D eigenvalue weighted by Gasteiger charge is 2.30. The number of benzene rings is 3. The van der Waals surface area contributed by atoms with Gasteiger partial charge in [-0.05, 0) is 64.7 Å². The first-order valence-electron chi connectivity index (χ1n) is 8.01. The van der Waals surface area contributed by atoms with E-state index in [1.807, 2.05) is 30.3 Å². The second-order valence-corrected chi connectivity index (χ2v) is 6.09. The number of fused-ring (bicyclic) bond motifs is 2. The predicted molar refractivity (Wildman–Crippen MR) is 95.5 cm³/mol. The highest BCUT2D eigenvalue weighted by molar-refractivity contribution is 6.13. The molecule has 26 heavy (non-hydrogen) atoms. The van der Waals surface area contributed by atoms with Crippen molar-refractivity contribution in [2.45, 2.75) is 6.18 Å². The summed E-state index contributed by atoms with van der Waals surface area (Å²) in [5.41, 5.74) is 3.25. The summed E-state index contributed by atoms with van der Waals surface area (Å²) in [6, 6.07) is 12.9. The largest absolute Gasteiger partial charge is 0.496 e. The number of halogens is 3. The van der Waals surface area contributed by atoms with Gasteiger partial charge >= 0.3 is 6.18 Å². The van der Waals surface area contributed by atoms with Gasteiger partial charge in [0.25, 0.3) is 0 Å². The van der Waals surface area contributed by atoms with Gasteiger partial charge in [0.2, 0.25) is 0 Å². The predicted octanol–water partition coefficient (Wildman–Crippen LogP) is 5.78. The summed E-state index contributed by atoms with van der Waals surface area (Å²) in [5, 5.41) is 1.89. The molecule has 4 rings (SSSR count). The number of ether oxygens (including phenoxy) is 2. The van der Waals surface area contributed by atoms with E-state index in [2.05, 4.69) is 0 Å². The lowest BCUT2D eigenvalue weighted by Gasteiger charge is -2.08. The van der Waals surface area contributed by atoms with Crippen LogP contribution in [0.4, 0.5) is 13.2 Å². The van der Waals surface area contributed by atoms with Crippen LogP contribution >= 0.6 is 0 Å². The van der Waals surface area contributed by atoms with Crippen LogP contribution in [0, 0.1) is 0 Å². The number of hydrogen-bond acceptors (Lipinski definition) is 2. The lowest BCUT2D eigenvalue weighted by Crippen LogP contribution is -2.03. The second-order valence-electron chi connectivity index (χ2n) is 6.09. The van der Waals surface area contributed by atoms with Crippen LogP contribution in [0.15, 0.2) is 48.5 Å². The standard InChI is InChI=1S/C21H15F3O2/c1-25-19-7-8-20(26-2)18-11-16-14(15(16)10-17(18)19)9-12-3-5-13(6-4-12)21(22,23)24/h3-11H,1-2H3. The molecule has 1 aliphatic carbocycles. The molecule has 0 spiro atoms. The van der Waals surface area contributed by atoms with Gasteiger partial charge in [0.1, 0.15) is 11.5 Å². The Labute approximate surface area is 148 Å². The minimum absolute atomic E-state index is 0.645. The van der Waals surface area contributed by atoms with Crippen molar-refractivity contribution in [3.05, 3.63) is 70.8 Å². The molecule has 0 unspecified atom stereocenters. The number of alkyl halides is 3. The van der Waals surface area contributed by atoms with Gasteiger partial charge in [0.15, 0.2) is 0 Å². The van der Waals surface area contributed by atoms with Gasteiger partial charge < -0.3 is 9.47 Å². The lowest BCUT2D eigenvalue weighted by molar-refractivity contribution is -0.137. The molecule has 0 atom stereocenters. The van der Waals surface area contributed by atoms with Gasteiger partial charge in [-0.2, -0.15) is 13.2 Å². The van der Waals surface area contributed by atoms with E-state index in [0.717, 1.165) is 56.7 Å². The van der Waals surface area contributed by atoms with Crippen LogP contribution in [-0.2, 0) is 6.18 Å². The van der Waals surface area contributed by atoms with Crippen molar-refractivity contribution in [3.8, 4) is 11.5 Å². The average molecular weight is 356 g/mol. The Bertz CT molecular complexity index is 979. The van der Waals surface area contributed by atoms with Crippen LogP contribution in [0.1, 0.15) is 22.3 Å². The van der Waals surface area contributed by atoms with Crippen LogP contribution < -0.4 is 9.47 Å². The normalized spacial score (nSPS) is 12.7. The van der Waals surface area contributed by atoms with Crippen LogP contribution in [0.25, 0.3) is 22.4 Å². The number of rotatable bonds is 3. The summed E-state index contributed by atoms with van der Waals surface area (Å²) in [6.07, 6.45) is -2.43. The summed E-state index contributed by atoms with van der Waals surface area (Å²) in [7, 11) is 3.23. The molecule has 0 aliphatic heterocycles. The summed E-state index contributed by atoms with van der Waals surface area (Å²) < 4.78 is 48.9. The fraction of sp³-hybridized carbons (Fsp3) is 0.143. The highest BCUT2D eigenvalue weighted by atomic mass is 19.4. The van der Waals surface area contributed by atoms with Gasteiger partial charge in [-0.1, -0.05) is 12.1 Å². The molecule has 132 valence electrons. The van der Waals surface area contributed by atoms with Gasteiger partial charge in [-0.25, -0.2) is 0 Å². The lowest BCUT2D eigenvalue weighted by atomic mass is 10.1. The molecule has 3 aromatic rings. The molecule has 5 heteroatoms. The molecule has 0 N–H and O–H groups in total. The van der Waals surface area contributed by atoms with Crippen molar-refractivity contribution in [3.63, 3.8) is 0 Å². The van der Waals surface area contributed by atoms with Crippen LogP contribution in [0.2, 0.25) is 0 Å². The number of hydrogen-bond donors (Lipinski definition) is 0. The average Bonchev–Trinajstić information content (AvgIpc) is 3.30. The van der Waals surface area contributed by atoms with Gasteiger partial charge in [-0.3, -0.25) is 0 Å². The first-order valence-corrected chi connectivity index (χ1v) is 8.01. The summed E-state index contributed by atoms with van der Waals surface area (Å²) >= 11 is 0. The third kappa shape index (κ3) is 2.69. The van der Waals surface area contributed by atoms with E-state index < -0.39 is 11.7 Å². The minimum atomic E-state index is -4.32. The first kappa shape index (κ1) is 16.5. The van der Waals surface area contributed by atoms with E-state index >= 15 is 0 Å². The van der Waals surface area contributed by atoms with E-state index in [0.29, 0.717) is 0 Å². The second kappa shape index (κ2) is 5.80. The zero-order chi connectivity index (χ0) is 18.5. The third-order valence-corrected chi connectivity index (χ3v) is 4.58. The van der Waals surface area contributed by atoms with E-state index in [1.54, 1.807) is 14.2 Å². The Morgan fingerprint density at radius 3 is 1.69 bits per heavy atom. The van der Waals surface area contributed by atoms with Crippen LogP contribution in [-0.4, -0.2) is 14.2 Å². The molecule has 2 nitrogen and oxygen atoms in total. The highest BCUT2D eigenvalue weighted by Crippen LogP contribution is 2.49. The molecule has 0 amide bonds. The van der Waals surface area contributed by atoms with Gasteiger partial charge in [0.05, 0.1) is 19.8 Å². The molecular weight excluding hydrogens is 341 g/mol. The minimum Gasteiger partial charge on any atom is -0.496 e. The van der Waals surface area contributed by atoms with Crippen molar-refractivity contribution in [2.24, 2.45) is 0 Å². The SMILES string of the molecule is COc1ccc(OC)c2cc3c(cc12)C3=Cc1ccc(C(F)(F)F)cc1. The van der Waals surface area contributed by atoms with Crippen LogP contribution in [0.3, 0.4) is 0 Å². The molecule has 0 fully saturated rings. The fourth-order valence-corrected chi connectivity index (χ4v) is 3.17. The van der Waals surface area contributed by atoms with Gasteiger partial charge in [-0.15, -0.1) is 0 Å². The van der Waals surface area contributed by atoms with E-state index in [4.69, 9.17) is 9.47 Å². The van der Waals surface area contributed by atoms with Crippen molar-refractivity contribution in [1.82, 2.24) is 0 Å². The maximum Gasteiger partial charge on any atom is 0.416 e. The third-order valence-electron chi connectivity index (χ3n) is 4.58. The molecule has 0 radical (unpaired) electrons. The van der Waals surface area contributed by atoms with Gasteiger partial charge in [0, 0.05) is 10.8 Å². The first-order chi connectivity index (χ1) is 12.4. The van der Waals surface area contributed by atoms with E-state index in [1.165, 1.54) is 12.1 Å². The van der Waals surface area contributed by atoms with Crippen molar-refractivity contribution < 1.29 is 22.6 Å². The summed E-state index contributed by atoms with van der Waals surface area (Å²) in [5.74, 6) is 1.51. The maximum absolute atomic E-state index is 12.7. The monoisotopic (exact) mass is 356 g/mol. The Morgan fingerprint density at radius 1 is 0.769 bits per heavy atom. The van der Waals surface area contributed by atoms with Crippen molar-refractivity contribution in [1.29, 1.82) is 0 Å². The van der Waals surface area contributed by atoms with Crippen LogP contribution in [0.5, 0.6) is 11.5 Å². The van der Waals surface area contributed by atoms with E-state index in [-0.39, 0.29) is 0 Å². The van der Waals surface area contributed by atoms with E-state index in [9.17, 15) is 13.2 Å². The molecule has 1 aliphatic rings. The summed E-state index contributed by atoms with van der Waals surface area (Å²) in [4.78, 5) is 0. The Kier molecular flexibility index (Phi) is 3.68. The Balaban J connectivity index is 1.73. The molecule has 0 aromatic heterocycles. The molecule has 0 saturated heterocycles. The Hall–Kier alpha value is -2.95. The molecule has 0 bridgehead atoms. The molecule has 3 aromatic carbocycles. The fourth-order valence-electron chi connectivity index (χ4n) is 3.17. The van der Waals surface area contributed by atoms with Crippen molar-refractivity contribution >= 4 is 22.4 Å². The smallest absolute Gasteiger partial charge is 0.416 e. The van der Waals surface area contributed by atoms with Crippen molar-refractivity contribution in [2.75, 3.05) is 14.2 Å². The zero-order valence-electron chi connectivity index (χ0n) is 14.1. The zero-order valence-corrected chi connectivity index (χ0v) is 14.1.